The Balaban J connectivity index is 3.02. The highest BCUT2D eigenvalue weighted by Gasteiger charge is 2.35. The molecule has 0 saturated carbocycles. The summed E-state index contributed by atoms with van der Waals surface area (Å²) in [6.07, 6.45) is 2.75. The number of aliphatic hydroxyl groups is 1. The van der Waals surface area contributed by atoms with Gasteiger partial charge in [-0.1, -0.05) is 11.6 Å². The number of halogens is 1. The van der Waals surface area contributed by atoms with Crippen LogP contribution in [0.25, 0.3) is 0 Å². The monoisotopic (exact) mass is 304 g/mol. The average Bonchev–Trinajstić information content (AvgIpc) is 2.76. The number of nitrogens with zero attached hydrogens (tertiary/aromatic N) is 3. The summed E-state index contributed by atoms with van der Waals surface area (Å²) in [6.45, 7) is 2.14. The zero-order chi connectivity index (χ0) is 15.2. The standard InChI is InChI=1S/C13H25ClN4O2/c1-17(2)7-8-18-12(11(14)9-16-18)13(19,10-20-3)5-4-6-15/h9,19H,4-8,10,15H2,1-3H3. The minimum Gasteiger partial charge on any atom is -0.381 e. The molecule has 0 aliphatic carbocycles. The molecule has 1 aromatic rings. The molecule has 116 valence electrons. The van der Waals surface area contributed by atoms with Gasteiger partial charge in [0.2, 0.25) is 0 Å². The molecule has 0 radical (unpaired) electrons. The largest absolute Gasteiger partial charge is 0.381 e. The maximum atomic E-state index is 10.9. The number of hydrogen-bond acceptors (Lipinski definition) is 5. The minimum absolute atomic E-state index is 0.167. The van der Waals surface area contributed by atoms with Crippen LogP contribution < -0.4 is 5.73 Å². The Kier molecular flexibility index (Phi) is 6.91. The SMILES string of the molecule is COCC(O)(CCCN)c1c(Cl)cnn1CCN(C)C. The third-order valence-corrected chi connectivity index (χ3v) is 3.45. The molecule has 7 heteroatoms. The molecule has 0 bridgehead atoms. The van der Waals surface area contributed by atoms with Crippen molar-refractivity contribution in [2.45, 2.75) is 25.0 Å². The number of ether oxygens (including phenoxy) is 1. The van der Waals surface area contributed by atoms with E-state index in [1.165, 1.54) is 0 Å². The molecule has 6 nitrogen and oxygen atoms in total. The predicted octanol–water partition coefficient (Wildman–Crippen LogP) is 0.671. The van der Waals surface area contributed by atoms with E-state index in [-0.39, 0.29) is 6.61 Å². The van der Waals surface area contributed by atoms with Gasteiger partial charge in [0.05, 0.1) is 30.1 Å². The molecule has 0 spiro atoms. The maximum Gasteiger partial charge on any atom is 0.131 e. The molecular formula is C13H25ClN4O2. The lowest BCUT2D eigenvalue weighted by atomic mass is 9.94. The Hall–Kier alpha value is -0.660. The van der Waals surface area contributed by atoms with Gasteiger partial charge in [-0.3, -0.25) is 4.68 Å². The third-order valence-electron chi connectivity index (χ3n) is 3.17. The van der Waals surface area contributed by atoms with Gasteiger partial charge in [-0.25, -0.2) is 0 Å². The molecular weight excluding hydrogens is 280 g/mol. The Bertz CT molecular complexity index is 411. The minimum atomic E-state index is -1.16. The van der Waals surface area contributed by atoms with Crippen molar-refractivity contribution in [3.05, 3.63) is 16.9 Å². The predicted molar refractivity (Wildman–Crippen MR) is 79.9 cm³/mol. The first-order chi connectivity index (χ1) is 9.44. The molecule has 0 aliphatic heterocycles. The van der Waals surface area contributed by atoms with Gasteiger partial charge < -0.3 is 20.5 Å². The van der Waals surface area contributed by atoms with Crippen molar-refractivity contribution >= 4 is 11.6 Å². The summed E-state index contributed by atoms with van der Waals surface area (Å²) in [4.78, 5) is 2.05. The van der Waals surface area contributed by atoms with Crippen molar-refractivity contribution in [3.8, 4) is 0 Å². The van der Waals surface area contributed by atoms with Crippen LogP contribution in [0.4, 0.5) is 0 Å². The topological polar surface area (TPSA) is 76.5 Å². The zero-order valence-corrected chi connectivity index (χ0v) is 13.2. The van der Waals surface area contributed by atoms with Crippen LogP contribution in [0.1, 0.15) is 18.5 Å². The molecule has 0 saturated heterocycles. The van der Waals surface area contributed by atoms with E-state index in [4.69, 9.17) is 22.1 Å². The first kappa shape index (κ1) is 17.4. The van der Waals surface area contributed by atoms with Crippen molar-refractivity contribution in [1.29, 1.82) is 0 Å². The van der Waals surface area contributed by atoms with E-state index in [0.29, 0.717) is 36.6 Å². The van der Waals surface area contributed by atoms with E-state index < -0.39 is 5.60 Å². The molecule has 1 aromatic heterocycles. The van der Waals surface area contributed by atoms with Crippen LogP contribution in [-0.2, 0) is 16.9 Å². The van der Waals surface area contributed by atoms with Crippen molar-refractivity contribution in [1.82, 2.24) is 14.7 Å². The van der Waals surface area contributed by atoms with Gasteiger partial charge in [0.1, 0.15) is 5.60 Å². The van der Waals surface area contributed by atoms with Gasteiger partial charge in [-0.2, -0.15) is 5.10 Å². The molecule has 0 aromatic carbocycles. The van der Waals surface area contributed by atoms with Crippen molar-refractivity contribution in [2.24, 2.45) is 5.73 Å². The Morgan fingerprint density at radius 3 is 2.80 bits per heavy atom. The van der Waals surface area contributed by atoms with E-state index in [1.807, 2.05) is 14.1 Å². The maximum absolute atomic E-state index is 10.9. The van der Waals surface area contributed by atoms with Gasteiger partial charge in [-0.15, -0.1) is 0 Å². The normalized spacial score (nSPS) is 14.8. The fraction of sp³-hybridized carbons (Fsp3) is 0.769. The summed E-state index contributed by atoms with van der Waals surface area (Å²) in [5, 5.41) is 15.6. The summed E-state index contributed by atoms with van der Waals surface area (Å²) < 4.78 is 6.91. The number of aromatic nitrogens is 2. The zero-order valence-electron chi connectivity index (χ0n) is 12.5. The summed E-state index contributed by atoms with van der Waals surface area (Å²) in [5.41, 5.74) is 4.99. The van der Waals surface area contributed by atoms with Gasteiger partial charge in [0.25, 0.3) is 0 Å². The average molecular weight is 305 g/mol. The van der Waals surface area contributed by atoms with E-state index in [0.717, 1.165) is 6.54 Å². The highest BCUT2D eigenvalue weighted by Crippen LogP contribution is 2.32. The summed E-state index contributed by atoms with van der Waals surface area (Å²) in [5.74, 6) is 0. The molecule has 20 heavy (non-hydrogen) atoms. The van der Waals surface area contributed by atoms with Crippen LogP contribution in [0.15, 0.2) is 6.20 Å². The Morgan fingerprint density at radius 2 is 2.25 bits per heavy atom. The molecule has 3 N–H and O–H groups in total. The molecule has 1 unspecified atom stereocenters. The summed E-state index contributed by atoms with van der Waals surface area (Å²) in [6, 6.07) is 0. The van der Waals surface area contributed by atoms with Gasteiger partial charge in [0, 0.05) is 13.7 Å². The van der Waals surface area contributed by atoms with Crippen LogP contribution in [0.5, 0.6) is 0 Å². The molecule has 1 heterocycles. The van der Waals surface area contributed by atoms with Crippen molar-refractivity contribution in [3.63, 3.8) is 0 Å². The van der Waals surface area contributed by atoms with Crippen molar-refractivity contribution < 1.29 is 9.84 Å². The van der Waals surface area contributed by atoms with Crippen LogP contribution in [0, 0.1) is 0 Å². The highest BCUT2D eigenvalue weighted by atomic mass is 35.5. The molecule has 1 rings (SSSR count). The smallest absolute Gasteiger partial charge is 0.131 e. The lowest BCUT2D eigenvalue weighted by molar-refractivity contribution is -0.0492. The van der Waals surface area contributed by atoms with Crippen LogP contribution >= 0.6 is 11.6 Å². The van der Waals surface area contributed by atoms with Gasteiger partial charge >= 0.3 is 0 Å². The van der Waals surface area contributed by atoms with Crippen LogP contribution in [-0.4, -0.2) is 60.7 Å². The number of nitrogens with two attached hydrogens (primary N) is 1. The molecule has 0 fully saturated rings. The Labute approximate surface area is 125 Å². The van der Waals surface area contributed by atoms with Gasteiger partial charge in [-0.05, 0) is 33.5 Å². The van der Waals surface area contributed by atoms with Crippen LogP contribution in [0.2, 0.25) is 5.02 Å². The fourth-order valence-electron chi connectivity index (χ4n) is 2.18. The van der Waals surface area contributed by atoms with E-state index in [9.17, 15) is 5.11 Å². The number of hydrogen-bond donors (Lipinski definition) is 2. The third kappa shape index (κ3) is 4.43. The van der Waals surface area contributed by atoms with Crippen LogP contribution in [0.3, 0.4) is 0 Å². The second-order valence-electron chi connectivity index (χ2n) is 5.22. The van der Waals surface area contributed by atoms with E-state index in [2.05, 4.69) is 10.00 Å². The lowest BCUT2D eigenvalue weighted by Crippen LogP contribution is -2.36. The quantitative estimate of drug-likeness (QED) is 0.701. The number of rotatable bonds is 9. The number of likely N-dealkylation sites (N-methyl/N-ethyl adjacent to an activating group) is 1. The second kappa shape index (κ2) is 7.95. The first-order valence-corrected chi connectivity index (χ1v) is 7.10. The molecule has 0 amide bonds. The fourth-order valence-corrected chi connectivity index (χ4v) is 2.50. The second-order valence-corrected chi connectivity index (χ2v) is 5.63. The lowest BCUT2D eigenvalue weighted by Gasteiger charge is -2.29. The van der Waals surface area contributed by atoms with E-state index in [1.54, 1.807) is 18.0 Å². The summed E-state index contributed by atoms with van der Waals surface area (Å²) >= 11 is 6.22. The number of methoxy groups -OCH3 is 1. The highest BCUT2D eigenvalue weighted by molar-refractivity contribution is 6.31. The molecule has 1 atom stereocenters. The van der Waals surface area contributed by atoms with Crippen molar-refractivity contribution in [2.75, 3.05) is 40.9 Å². The van der Waals surface area contributed by atoms with Gasteiger partial charge in [0.15, 0.2) is 0 Å². The van der Waals surface area contributed by atoms with E-state index >= 15 is 0 Å². The molecule has 0 aliphatic rings. The first-order valence-electron chi connectivity index (χ1n) is 6.72. The Morgan fingerprint density at radius 1 is 1.55 bits per heavy atom. The summed E-state index contributed by atoms with van der Waals surface area (Å²) in [7, 11) is 5.53.